The topological polar surface area (TPSA) is 56.1 Å². The highest BCUT2D eigenvalue weighted by Crippen LogP contribution is 2.21. The van der Waals surface area contributed by atoms with Gasteiger partial charge in [-0.15, -0.1) is 0 Å². The van der Waals surface area contributed by atoms with E-state index in [-0.39, 0.29) is 11.8 Å². The summed E-state index contributed by atoms with van der Waals surface area (Å²) in [4.78, 5) is 16.6. The molecule has 0 atom stereocenters. The minimum atomic E-state index is -0.0116. The van der Waals surface area contributed by atoms with Crippen LogP contribution in [0.3, 0.4) is 0 Å². The Morgan fingerprint density at radius 3 is 2.79 bits per heavy atom. The summed E-state index contributed by atoms with van der Waals surface area (Å²) in [5.41, 5.74) is 3.10. The average molecular weight is 414 g/mol. The predicted molar refractivity (Wildman–Crippen MR) is 118 cm³/mol. The monoisotopic (exact) mass is 413 g/mol. The second-order valence-corrected chi connectivity index (χ2v) is 7.88. The minimum absolute atomic E-state index is 0.0116. The maximum absolute atomic E-state index is 11.8. The fourth-order valence-corrected chi connectivity index (χ4v) is 3.30. The van der Waals surface area contributed by atoms with Gasteiger partial charge in [0, 0.05) is 30.5 Å². The molecule has 29 heavy (non-hydrogen) atoms. The molecule has 6 heteroatoms. The number of hydrogen-bond acceptors (Lipinski definition) is 3. The molecule has 3 rings (SSSR count). The number of carbonyl (C=O) groups excluding carboxylic acids is 1. The lowest BCUT2D eigenvalue weighted by molar-refractivity contribution is -0.123. The molecular weight excluding hydrogens is 386 g/mol. The van der Waals surface area contributed by atoms with Gasteiger partial charge in [0.15, 0.2) is 0 Å². The highest BCUT2D eigenvalue weighted by molar-refractivity contribution is 6.31. The van der Waals surface area contributed by atoms with Crippen molar-refractivity contribution in [3.05, 3.63) is 58.9 Å². The Hall–Kier alpha value is -2.53. The van der Waals surface area contributed by atoms with Gasteiger partial charge in [-0.25, -0.2) is 4.98 Å². The summed E-state index contributed by atoms with van der Waals surface area (Å²) in [6.07, 6.45) is 1.55. The standard InChI is InChI=1S/C23H28ClN3O2/c1-16(2)23(28)25-12-11-22-26-20-7-4-5-8-21(20)27(22)13-6-14-29-18-9-10-19(24)17(3)15-18/h4-5,7-10,15-16H,6,11-14H2,1-3H3,(H,25,28). The lowest BCUT2D eigenvalue weighted by atomic mass is 10.2. The molecule has 0 radical (unpaired) electrons. The van der Waals surface area contributed by atoms with E-state index in [0.29, 0.717) is 19.6 Å². The van der Waals surface area contributed by atoms with Gasteiger partial charge in [-0.1, -0.05) is 37.6 Å². The number of halogens is 1. The molecule has 0 spiro atoms. The Morgan fingerprint density at radius 1 is 1.24 bits per heavy atom. The molecule has 1 amide bonds. The van der Waals surface area contributed by atoms with Gasteiger partial charge in [0.2, 0.25) is 5.91 Å². The molecule has 0 fully saturated rings. The molecule has 5 nitrogen and oxygen atoms in total. The summed E-state index contributed by atoms with van der Waals surface area (Å²) >= 11 is 6.07. The number of carbonyl (C=O) groups is 1. The van der Waals surface area contributed by atoms with E-state index >= 15 is 0 Å². The smallest absolute Gasteiger partial charge is 0.222 e. The van der Waals surface area contributed by atoms with E-state index < -0.39 is 0 Å². The first-order chi connectivity index (χ1) is 14.0. The number of hydrogen-bond donors (Lipinski definition) is 1. The van der Waals surface area contributed by atoms with Gasteiger partial charge in [-0.3, -0.25) is 4.79 Å². The maximum Gasteiger partial charge on any atom is 0.222 e. The number of nitrogens with zero attached hydrogens (tertiary/aromatic N) is 2. The van der Waals surface area contributed by atoms with E-state index in [9.17, 15) is 4.79 Å². The Kier molecular flexibility index (Phi) is 7.15. The maximum atomic E-state index is 11.8. The van der Waals surface area contributed by atoms with Crippen LogP contribution in [0, 0.1) is 12.8 Å². The summed E-state index contributed by atoms with van der Waals surface area (Å²) in [6.45, 7) is 7.76. The van der Waals surface area contributed by atoms with E-state index in [1.165, 1.54) is 0 Å². The number of amides is 1. The van der Waals surface area contributed by atoms with Gasteiger partial charge in [0.05, 0.1) is 17.6 Å². The van der Waals surface area contributed by atoms with Crippen molar-refractivity contribution in [2.45, 2.75) is 40.2 Å². The molecule has 0 aliphatic carbocycles. The van der Waals surface area contributed by atoms with Gasteiger partial charge < -0.3 is 14.6 Å². The lowest BCUT2D eigenvalue weighted by Gasteiger charge is -2.12. The first-order valence-electron chi connectivity index (χ1n) is 10.1. The number of imidazole rings is 1. The SMILES string of the molecule is Cc1cc(OCCCn2c(CCNC(=O)C(C)C)nc3ccccc32)ccc1Cl. The van der Waals surface area contributed by atoms with Crippen LogP contribution in [0.1, 0.15) is 31.7 Å². The molecule has 0 aliphatic rings. The zero-order valence-electron chi connectivity index (χ0n) is 17.2. The number of nitrogens with one attached hydrogen (secondary N) is 1. The third-order valence-electron chi connectivity index (χ3n) is 4.83. The fourth-order valence-electron chi connectivity index (χ4n) is 3.19. The number of rotatable bonds is 9. The normalized spacial score (nSPS) is 11.2. The van der Waals surface area contributed by atoms with Gasteiger partial charge in [-0.05, 0) is 49.2 Å². The molecule has 0 saturated heterocycles. The zero-order valence-corrected chi connectivity index (χ0v) is 18.0. The van der Waals surface area contributed by atoms with E-state index in [2.05, 4.69) is 16.0 Å². The highest BCUT2D eigenvalue weighted by Gasteiger charge is 2.12. The van der Waals surface area contributed by atoms with Crippen LogP contribution < -0.4 is 10.1 Å². The predicted octanol–water partition coefficient (Wildman–Crippen LogP) is 4.78. The van der Waals surface area contributed by atoms with Crippen LogP contribution in [0.5, 0.6) is 5.75 Å². The second-order valence-electron chi connectivity index (χ2n) is 7.48. The Labute approximate surface area is 177 Å². The molecule has 154 valence electrons. The number of ether oxygens (including phenoxy) is 1. The minimum Gasteiger partial charge on any atom is -0.494 e. The van der Waals surface area contributed by atoms with Crippen molar-refractivity contribution in [3.63, 3.8) is 0 Å². The summed E-state index contributed by atoms with van der Waals surface area (Å²) < 4.78 is 8.11. The number of fused-ring (bicyclic) bond motifs is 1. The Balaban J connectivity index is 1.62. The van der Waals surface area contributed by atoms with Crippen LogP contribution in [0.4, 0.5) is 0 Å². The fraction of sp³-hybridized carbons (Fsp3) is 0.391. The molecule has 2 aromatic carbocycles. The number of para-hydroxylation sites is 2. The van der Waals surface area contributed by atoms with Crippen LogP contribution in [-0.4, -0.2) is 28.6 Å². The van der Waals surface area contributed by atoms with Crippen molar-refractivity contribution in [2.24, 2.45) is 5.92 Å². The Bertz CT molecular complexity index is 981. The molecule has 0 saturated carbocycles. The molecule has 1 heterocycles. The van der Waals surface area contributed by atoms with Crippen LogP contribution >= 0.6 is 11.6 Å². The largest absolute Gasteiger partial charge is 0.494 e. The first kappa shape index (κ1) is 21.2. The van der Waals surface area contributed by atoms with Crippen LogP contribution in [0.15, 0.2) is 42.5 Å². The van der Waals surface area contributed by atoms with E-state index in [1.54, 1.807) is 0 Å². The summed E-state index contributed by atoms with van der Waals surface area (Å²) in [5, 5.41) is 3.72. The Morgan fingerprint density at radius 2 is 2.03 bits per heavy atom. The third-order valence-corrected chi connectivity index (χ3v) is 5.25. The van der Waals surface area contributed by atoms with Gasteiger partial charge in [-0.2, -0.15) is 0 Å². The quantitative estimate of drug-likeness (QED) is 0.513. The summed E-state index contributed by atoms with van der Waals surface area (Å²) in [5.74, 6) is 1.87. The number of aromatic nitrogens is 2. The summed E-state index contributed by atoms with van der Waals surface area (Å²) in [6, 6.07) is 13.8. The van der Waals surface area contributed by atoms with Crippen molar-refractivity contribution >= 4 is 28.5 Å². The van der Waals surface area contributed by atoms with Crippen molar-refractivity contribution in [2.75, 3.05) is 13.2 Å². The molecule has 3 aromatic rings. The van der Waals surface area contributed by atoms with E-state index in [4.69, 9.17) is 21.3 Å². The van der Waals surface area contributed by atoms with E-state index in [1.807, 2.05) is 57.2 Å². The third kappa shape index (κ3) is 5.51. The summed E-state index contributed by atoms with van der Waals surface area (Å²) in [7, 11) is 0. The molecule has 0 aliphatic heterocycles. The van der Waals surface area contributed by atoms with Gasteiger partial charge in [0.25, 0.3) is 0 Å². The molecule has 0 bridgehead atoms. The zero-order chi connectivity index (χ0) is 20.8. The van der Waals surface area contributed by atoms with Crippen LogP contribution in [0.25, 0.3) is 11.0 Å². The molecule has 0 unspecified atom stereocenters. The van der Waals surface area contributed by atoms with Crippen LogP contribution in [-0.2, 0) is 17.8 Å². The van der Waals surface area contributed by atoms with Gasteiger partial charge in [0.1, 0.15) is 11.6 Å². The lowest BCUT2D eigenvalue weighted by Crippen LogP contribution is -2.30. The van der Waals surface area contributed by atoms with Gasteiger partial charge >= 0.3 is 0 Å². The average Bonchev–Trinajstić information content (AvgIpc) is 3.05. The first-order valence-corrected chi connectivity index (χ1v) is 10.4. The molecule has 1 aromatic heterocycles. The number of benzene rings is 2. The second kappa shape index (κ2) is 9.79. The van der Waals surface area contributed by atoms with Crippen LogP contribution in [0.2, 0.25) is 5.02 Å². The highest BCUT2D eigenvalue weighted by atomic mass is 35.5. The van der Waals surface area contributed by atoms with Crippen molar-refractivity contribution < 1.29 is 9.53 Å². The van der Waals surface area contributed by atoms with Crippen molar-refractivity contribution in [3.8, 4) is 5.75 Å². The van der Waals surface area contributed by atoms with E-state index in [0.717, 1.165) is 46.2 Å². The molecule has 1 N–H and O–H groups in total. The van der Waals surface area contributed by atoms with Crippen molar-refractivity contribution in [1.82, 2.24) is 14.9 Å². The number of aryl methyl sites for hydroxylation is 2. The van der Waals surface area contributed by atoms with Crippen molar-refractivity contribution in [1.29, 1.82) is 0 Å². The molecular formula is C23H28ClN3O2.